The molecule has 2 amide bonds. The molecule has 10 heteroatoms. The van der Waals surface area contributed by atoms with Crippen molar-refractivity contribution >= 4 is 55.1 Å². The monoisotopic (exact) mass is 597 g/mol. The fourth-order valence-electron chi connectivity index (χ4n) is 4.47. The van der Waals surface area contributed by atoms with Crippen LogP contribution < -0.4 is 9.62 Å². The molecule has 1 aliphatic rings. The second kappa shape index (κ2) is 12.4. The van der Waals surface area contributed by atoms with Gasteiger partial charge in [0.25, 0.3) is 0 Å². The minimum Gasteiger partial charge on any atom is -0.352 e. The predicted molar refractivity (Wildman–Crippen MR) is 148 cm³/mol. The minimum atomic E-state index is -3.77. The summed E-state index contributed by atoms with van der Waals surface area (Å²) < 4.78 is 27.4. The molecule has 0 saturated heterocycles. The van der Waals surface area contributed by atoms with Crippen molar-refractivity contribution in [3.63, 3.8) is 0 Å². The Balaban J connectivity index is 1.92. The molecule has 196 valence electrons. The van der Waals surface area contributed by atoms with E-state index in [-0.39, 0.29) is 18.5 Å². The molecule has 2 aromatic carbocycles. The van der Waals surface area contributed by atoms with Crippen molar-refractivity contribution in [2.45, 2.75) is 64.6 Å². The van der Waals surface area contributed by atoms with Crippen molar-refractivity contribution in [1.82, 2.24) is 10.2 Å². The van der Waals surface area contributed by atoms with Crippen molar-refractivity contribution in [3.8, 4) is 0 Å². The van der Waals surface area contributed by atoms with E-state index >= 15 is 0 Å². The number of aryl methyl sites for hydroxylation is 1. The van der Waals surface area contributed by atoms with Crippen LogP contribution in [0.2, 0.25) is 5.02 Å². The van der Waals surface area contributed by atoms with Gasteiger partial charge in [0.05, 0.1) is 11.9 Å². The van der Waals surface area contributed by atoms with Crippen molar-refractivity contribution in [2.75, 3.05) is 17.1 Å². The number of nitrogens with zero attached hydrogens (tertiary/aromatic N) is 2. The Hall–Kier alpha value is -2.10. The number of carbonyl (C=O) groups is 2. The van der Waals surface area contributed by atoms with Gasteiger partial charge in [-0.15, -0.1) is 0 Å². The molecule has 1 unspecified atom stereocenters. The number of halogens is 2. The van der Waals surface area contributed by atoms with E-state index in [1.54, 1.807) is 42.5 Å². The van der Waals surface area contributed by atoms with Crippen molar-refractivity contribution in [2.24, 2.45) is 0 Å². The zero-order chi connectivity index (χ0) is 26.5. The number of anilines is 1. The van der Waals surface area contributed by atoms with Gasteiger partial charge in [-0.25, -0.2) is 8.42 Å². The van der Waals surface area contributed by atoms with E-state index in [0.29, 0.717) is 17.1 Å². The van der Waals surface area contributed by atoms with Gasteiger partial charge < -0.3 is 10.2 Å². The molecular weight excluding hydrogens is 566 g/mol. The van der Waals surface area contributed by atoms with Crippen LogP contribution in [0.1, 0.15) is 50.2 Å². The average Bonchev–Trinajstić information content (AvgIpc) is 3.32. The average molecular weight is 599 g/mol. The second-order valence-corrected chi connectivity index (χ2v) is 12.5. The number of amides is 2. The van der Waals surface area contributed by atoms with E-state index in [1.165, 1.54) is 4.90 Å². The fraction of sp³-hybridized carbons (Fsp3) is 0.462. The standard InChI is InChI=1S/C26H33BrClN3O4S/c1-4-24(26(33)29-21-7-5-6-8-21)30(16-19-9-11-20(28)12-10-19)25(32)17-31(36(3,34)35)22-13-14-23(27)18(2)15-22/h9-15,21,24H,4-8,16-17H2,1-3H3,(H,29,33). The molecule has 1 atom stereocenters. The first-order valence-corrected chi connectivity index (χ1v) is 15.1. The molecule has 1 fully saturated rings. The van der Waals surface area contributed by atoms with Crippen molar-refractivity contribution in [3.05, 3.63) is 63.1 Å². The number of benzene rings is 2. The smallest absolute Gasteiger partial charge is 0.244 e. The van der Waals surface area contributed by atoms with Gasteiger partial charge in [0.2, 0.25) is 21.8 Å². The summed E-state index contributed by atoms with van der Waals surface area (Å²) in [5.41, 5.74) is 2.03. The Morgan fingerprint density at radius 1 is 1.14 bits per heavy atom. The quantitative estimate of drug-likeness (QED) is 0.415. The van der Waals surface area contributed by atoms with Gasteiger partial charge in [-0.1, -0.05) is 59.4 Å². The highest BCUT2D eigenvalue weighted by Gasteiger charge is 2.33. The summed E-state index contributed by atoms with van der Waals surface area (Å²) in [4.78, 5) is 28.5. The molecule has 36 heavy (non-hydrogen) atoms. The summed E-state index contributed by atoms with van der Waals surface area (Å²) in [5, 5.41) is 3.66. The highest BCUT2D eigenvalue weighted by molar-refractivity contribution is 9.10. The third-order valence-corrected chi connectivity index (χ3v) is 8.74. The second-order valence-electron chi connectivity index (χ2n) is 9.27. The molecule has 0 aromatic heterocycles. The Kier molecular flexibility index (Phi) is 9.83. The Labute approximate surface area is 227 Å². The lowest BCUT2D eigenvalue weighted by molar-refractivity contribution is -0.140. The summed E-state index contributed by atoms with van der Waals surface area (Å²) in [5.74, 6) is -0.665. The Bertz CT molecular complexity index is 1180. The molecule has 7 nitrogen and oxygen atoms in total. The third-order valence-electron chi connectivity index (χ3n) is 6.46. The largest absolute Gasteiger partial charge is 0.352 e. The first kappa shape index (κ1) is 28.5. The van der Waals surface area contributed by atoms with Crippen molar-refractivity contribution in [1.29, 1.82) is 0 Å². The number of hydrogen-bond acceptors (Lipinski definition) is 4. The SMILES string of the molecule is CCC(C(=O)NC1CCCC1)N(Cc1ccc(Cl)cc1)C(=O)CN(c1ccc(Br)c(C)c1)S(C)(=O)=O. The van der Waals surface area contributed by atoms with Crippen LogP contribution in [0.4, 0.5) is 5.69 Å². The van der Waals surface area contributed by atoms with E-state index in [1.807, 2.05) is 13.8 Å². The van der Waals surface area contributed by atoms with E-state index < -0.39 is 28.5 Å². The number of sulfonamides is 1. The topological polar surface area (TPSA) is 86.8 Å². The van der Waals surface area contributed by atoms with Crippen LogP contribution >= 0.6 is 27.5 Å². The van der Waals surface area contributed by atoms with Gasteiger partial charge in [0, 0.05) is 22.1 Å². The molecule has 0 aliphatic heterocycles. The van der Waals surface area contributed by atoms with E-state index in [0.717, 1.165) is 51.8 Å². The fourth-order valence-corrected chi connectivity index (χ4v) is 5.69. The molecule has 1 saturated carbocycles. The molecule has 2 aromatic rings. The maximum absolute atomic E-state index is 13.7. The highest BCUT2D eigenvalue weighted by Crippen LogP contribution is 2.26. The lowest BCUT2D eigenvalue weighted by Gasteiger charge is -2.33. The summed E-state index contributed by atoms with van der Waals surface area (Å²) in [6, 6.07) is 11.6. The van der Waals surface area contributed by atoms with Gasteiger partial charge in [-0.05, 0) is 67.6 Å². The van der Waals surface area contributed by atoms with Crippen LogP contribution in [0.5, 0.6) is 0 Å². The maximum Gasteiger partial charge on any atom is 0.244 e. The number of hydrogen-bond donors (Lipinski definition) is 1. The maximum atomic E-state index is 13.7. The number of carbonyl (C=O) groups excluding carboxylic acids is 2. The normalized spacial score (nSPS) is 14.9. The molecule has 1 N–H and O–H groups in total. The van der Waals surface area contributed by atoms with Crippen LogP contribution in [-0.2, 0) is 26.2 Å². The van der Waals surface area contributed by atoms with Gasteiger partial charge in [-0.3, -0.25) is 13.9 Å². The van der Waals surface area contributed by atoms with Crippen LogP contribution in [0.25, 0.3) is 0 Å². The minimum absolute atomic E-state index is 0.109. The lowest BCUT2D eigenvalue weighted by atomic mass is 10.1. The number of rotatable bonds is 10. The third kappa shape index (κ3) is 7.46. The predicted octanol–water partition coefficient (Wildman–Crippen LogP) is 5.04. The summed E-state index contributed by atoms with van der Waals surface area (Å²) in [6.07, 6.45) is 5.48. The van der Waals surface area contributed by atoms with E-state index in [9.17, 15) is 18.0 Å². The van der Waals surface area contributed by atoms with Crippen LogP contribution in [0, 0.1) is 6.92 Å². The molecule has 1 aliphatic carbocycles. The van der Waals surface area contributed by atoms with E-state index in [2.05, 4.69) is 21.2 Å². The van der Waals surface area contributed by atoms with Crippen LogP contribution in [0.3, 0.4) is 0 Å². The zero-order valence-electron chi connectivity index (χ0n) is 20.8. The molecule has 0 heterocycles. The van der Waals surface area contributed by atoms with Crippen molar-refractivity contribution < 1.29 is 18.0 Å². The van der Waals surface area contributed by atoms with Crippen LogP contribution in [0.15, 0.2) is 46.9 Å². The van der Waals surface area contributed by atoms with Crippen LogP contribution in [-0.4, -0.2) is 50.0 Å². The van der Waals surface area contributed by atoms with E-state index in [4.69, 9.17) is 11.6 Å². The molecule has 0 bridgehead atoms. The number of nitrogens with one attached hydrogen (secondary N) is 1. The zero-order valence-corrected chi connectivity index (χ0v) is 24.0. The summed E-state index contributed by atoms with van der Waals surface area (Å²) in [6.45, 7) is 3.45. The molecule has 0 spiro atoms. The molecule has 3 rings (SSSR count). The Morgan fingerprint density at radius 3 is 2.33 bits per heavy atom. The van der Waals surface area contributed by atoms with Gasteiger partial charge in [0.15, 0.2) is 0 Å². The van der Waals surface area contributed by atoms with Gasteiger partial charge in [-0.2, -0.15) is 0 Å². The highest BCUT2D eigenvalue weighted by atomic mass is 79.9. The lowest BCUT2D eigenvalue weighted by Crippen LogP contribution is -2.53. The molecular formula is C26H33BrClN3O4S. The van der Waals surface area contributed by atoms with Gasteiger partial charge in [0.1, 0.15) is 12.6 Å². The first-order chi connectivity index (χ1) is 17.0. The van der Waals surface area contributed by atoms with Gasteiger partial charge >= 0.3 is 0 Å². The summed E-state index contributed by atoms with van der Waals surface area (Å²) in [7, 11) is -3.77. The summed E-state index contributed by atoms with van der Waals surface area (Å²) >= 11 is 9.46. The first-order valence-electron chi connectivity index (χ1n) is 12.1. The molecule has 0 radical (unpaired) electrons. The Morgan fingerprint density at radius 2 is 1.78 bits per heavy atom.